The Bertz CT molecular complexity index is 751. The molecule has 0 bridgehead atoms. The number of halogens is 2. The fourth-order valence-corrected chi connectivity index (χ4v) is 3.74. The number of allylic oxidation sites excluding steroid dienone is 1. The number of nitro groups is 1. The lowest BCUT2D eigenvalue weighted by molar-refractivity contribution is -0.385. The van der Waals surface area contributed by atoms with Crippen molar-refractivity contribution in [2.24, 2.45) is 0 Å². The zero-order valence-corrected chi connectivity index (χ0v) is 15.8. The Hall–Kier alpha value is -1.36. The Morgan fingerprint density at radius 2 is 1.86 bits per heavy atom. The van der Waals surface area contributed by atoms with Crippen molar-refractivity contribution in [3.05, 3.63) is 59.7 Å². The van der Waals surface area contributed by atoms with Gasteiger partial charge in [0.25, 0.3) is 5.69 Å². The molecule has 0 heterocycles. The zero-order valence-electron chi connectivity index (χ0n) is 11.5. The number of phenolic OH excluding ortho intramolecular Hbond substituents is 1. The van der Waals surface area contributed by atoms with Crippen LogP contribution >= 0.6 is 45.2 Å². The summed E-state index contributed by atoms with van der Waals surface area (Å²) < 4.78 is 7.11. The summed E-state index contributed by atoms with van der Waals surface area (Å²) in [6.45, 7) is 5.60. The second-order valence-electron chi connectivity index (χ2n) is 4.56. The molecule has 0 aromatic heterocycles. The number of hydrogen-bond donors (Lipinski definition) is 1. The second-order valence-corrected chi connectivity index (χ2v) is 6.88. The van der Waals surface area contributed by atoms with Crippen LogP contribution in [0.5, 0.6) is 17.2 Å². The summed E-state index contributed by atoms with van der Waals surface area (Å²) in [5, 5.41) is 20.6. The maximum atomic E-state index is 10.9. The summed E-state index contributed by atoms with van der Waals surface area (Å²) >= 11 is 4.00. The Kier molecular flexibility index (Phi) is 5.27. The average Bonchev–Trinajstić information content (AvgIpc) is 2.43. The Labute approximate surface area is 154 Å². The van der Waals surface area contributed by atoms with Crippen LogP contribution in [0.2, 0.25) is 0 Å². The highest BCUT2D eigenvalue weighted by molar-refractivity contribution is 14.1. The molecule has 1 N–H and O–H groups in total. The van der Waals surface area contributed by atoms with Crippen LogP contribution < -0.4 is 4.74 Å². The molecule has 114 valence electrons. The summed E-state index contributed by atoms with van der Waals surface area (Å²) in [6.07, 6.45) is 0. The first-order valence-electron chi connectivity index (χ1n) is 6.09. The number of phenols is 1. The fraction of sp³-hybridized carbons (Fsp3) is 0.0667. The van der Waals surface area contributed by atoms with Gasteiger partial charge in [0.1, 0.15) is 11.5 Å². The first kappa shape index (κ1) is 17.0. The third kappa shape index (κ3) is 3.69. The van der Waals surface area contributed by atoms with Gasteiger partial charge in [-0.2, -0.15) is 0 Å². The SMILES string of the molecule is C=C(C)c1cc(Oc2c(I)cc([N+](=O)[O-])cc2I)ccc1O. The Morgan fingerprint density at radius 3 is 2.36 bits per heavy atom. The van der Waals surface area contributed by atoms with E-state index in [1.54, 1.807) is 19.1 Å². The molecule has 0 aliphatic carbocycles. The molecule has 0 amide bonds. The lowest BCUT2D eigenvalue weighted by Crippen LogP contribution is -1.95. The number of non-ortho nitro benzene ring substituents is 1. The van der Waals surface area contributed by atoms with Gasteiger partial charge in [0.2, 0.25) is 0 Å². The van der Waals surface area contributed by atoms with E-state index in [-0.39, 0.29) is 11.4 Å². The van der Waals surface area contributed by atoms with Crippen molar-refractivity contribution < 1.29 is 14.8 Å². The average molecular weight is 523 g/mol. The van der Waals surface area contributed by atoms with E-state index in [1.807, 2.05) is 45.2 Å². The topological polar surface area (TPSA) is 72.6 Å². The minimum Gasteiger partial charge on any atom is -0.507 e. The lowest BCUT2D eigenvalue weighted by Gasteiger charge is -2.12. The maximum Gasteiger partial charge on any atom is 0.271 e. The molecule has 2 rings (SSSR count). The summed E-state index contributed by atoms with van der Waals surface area (Å²) in [4.78, 5) is 10.4. The van der Waals surface area contributed by atoms with E-state index in [2.05, 4.69) is 6.58 Å². The van der Waals surface area contributed by atoms with E-state index >= 15 is 0 Å². The van der Waals surface area contributed by atoms with Crippen LogP contribution in [-0.4, -0.2) is 10.0 Å². The van der Waals surface area contributed by atoms with Crippen molar-refractivity contribution in [3.8, 4) is 17.2 Å². The van der Waals surface area contributed by atoms with Gasteiger partial charge in [0.15, 0.2) is 5.75 Å². The van der Waals surface area contributed by atoms with Crippen LogP contribution in [0, 0.1) is 17.3 Å². The number of benzene rings is 2. The smallest absolute Gasteiger partial charge is 0.271 e. The minimum absolute atomic E-state index is 0.0227. The fourth-order valence-electron chi connectivity index (χ4n) is 1.79. The molecule has 22 heavy (non-hydrogen) atoms. The van der Waals surface area contributed by atoms with Gasteiger partial charge in [-0.1, -0.05) is 6.58 Å². The molecule has 0 saturated carbocycles. The predicted molar refractivity (Wildman–Crippen MR) is 101 cm³/mol. The van der Waals surface area contributed by atoms with Crippen molar-refractivity contribution in [1.29, 1.82) is 0 Å². The second kappa shape index (κ2) is 6.82. The molecule has 5 nitrogen and oxygen atoms in total. The highest BCUT2D eigenvalue weighted by Gasteiger charge is 2.16. The zero-order chi connectivity index (χ0) is 16.4. The lowest BCUT2D eigenvalue weighted by atomic mass is 10.1. The van der Waals surface area contributed by atoms with E-state index in [0.29, 0.717) is 24.2 Å². The van der Waals surface area contributed by atoms with Gasteiger partial charge in [0, 0.05) is 17.7 Å². The van der Waals surface area contributed by atoms with Gasteiger partial charge >= 0.3 is 0 Å². The molecule has 2 aromatic rings. The molecule has 0 atom stereocenters. The van der Waals surface area contributed by atoms with Gasteiger partial charge in [-0.15, -0.1) is 0 Å². The summed E-state index contributed by atoms with van der Waals surface area (Å²) in [6, 6.07) is 7.77. The number of nitrogens with zero attached hydrogens (tertiary/aromatic N) is 1. The first-order valence-corrected chi connectivity index (χ1v) is 8.25. The number of hydrogen-bond acceptors (Lipinski definition) is 4. The normalized spacial score (nSPS) is 10.3. The van der Waals surface area contributed by atoms with Gasteiger partial charge in [-0.05, 0) is 75.9 Å². The Balaban J connectivity index is 2.41. The van der Waals surface area contributed by atoms with Crippen LogP contribution in [0.25, 0.3) is 5.57 Å². The summed E-state index contributed by atoms with van der Waals surface area (Å²) in [7, 11) is 0. The van der Waals surface area contributed by atoms with E-state index in [0.717, 1.165) is 5.57 Å². The van der Waals surface area contributed by atoms with E-state index in [9.17, 15) is 15.2 Å². The highest BCUT2D eigenvalue weighted by Crippen LogP contribution is 2.36. The third-order valence-corrected chi connectivity index (χ3v) is 4.44. The van der Waals surface area contributed by atoms with Crippen molar-refractivity contribution in [2.45, 2.75) is 6.92 Å². The van der Waals surface area contributed by atoms with Crippen molar-refractivity contribution in [2.75, 3.05) is 0 Å². The third-order valence-electron chi connectivity index (χ3n) is 2.84. The maximum absolute atomic E-state index is 10.9. The Morgan fingerprint density at radius 1 is 1.27 bits per heavy atom. The van der Waals surface area contributed by atoms with E-state index in [1.165, 1.54) is 18.2 Å². The quantitative estimate of drug-likeness (QED) is 0.334. The number of rotatable bonds is 4. The van der Waals surface area contributed by atoms with Gasteiger partial charge < -0.3 is 9.84 Å². The molecule has 0 aliphatic heterocycles. The van der Waals surface area contributed by atoms with Crippen LogP contribution in [-0.2, 0) is 0 Å². The minimum atomic E-state index is -0.437. The van der Waals surface area contributed by atoms with Gasteiger partial charge in [-0.25, -0.2) is 0 Å². The van der Waals surface area contributed by atoms with Crippen molar-refractivity contribution in [3.63, 3.8) is 0 Å². The molecule has 0 radical (unpaired) electrons. The molecular formula is C15H11I2NO4. The standard InChI is InChI=1S/C15H11I2NO4/c1-8(2)11-7-10(3-4-14(11)19)22-15-12(16)5-9(18(20)21)6-13(15)17/h3-7,19H,1H2,2H3. The highest BCUT2D eigenvalue weighted by atomic mass is 127. The first-order chi connectivity index (χ1) is 10.3. The van der Waals surface area contributed by atoms with Crippen molar-refractivity contribution in [1.82, 2.24) is 0 Å². The van der Waals surface area contributed by atoms with E-state index in [4.69, 9.17) is 4.74 Å². The monoisotopic (exact) mass is 523 g/mol. The molecular weight excluding hydrogens is 512 g/mol. The van der Waals surface area contributed by atoms with Crippen LogP contribution in [0.3, 0.4) is 0 Å². The van der Waals surface area contributed by atoms with Crippen LogP contribution in [0.4, 0.5) is 5.69 Å². The molecule has 0 spiro atoms. The molecule has 0 aliphatic rings. The molecule has 2 aromatic carbocycles. The van der Waals surface area contributed by atoms with Crippen molar-refractivity contribution >= 4 is 56.4 Å². The molecule has 0 fully saturated rings. The summed E-state index contributed by atoms with van der Waals surface area (Å²) in [5.41, 5.74) is 1.34. The van der Waals surface area contributed by atoms with Gasteiger partial charge in [-0.3, -0.25) is 10.1 Å². The van der Waals surface area contributed by atoms with E-state index < -0.39 is 4.92 Å². The van der Waals surface area contributed by atoms with Crippen LogP contribution in [0.1, 0.15) is 12.5 Å². The van der Waals surface area contributed by atoms with Crippen LogP contribution in [0.15, 0.2) is 36.9 Å². The summed E-state index contributed by atoms with van der Waals surface area (Å²) in [5.74, 6) is 1.21. The molecule has 0 saturated heterocycles. The molecule has 7 heteroatoms. The molecule has 0 unspecified atom stereocenters. The predicted octanol–water partition coefficient (Wildman–Crippen LogP) is 5.34. The number of aromatic hydroxyl groups is 1. The largest absolute Gasteiger partial charge is 0.507 e. The number of ether oxygens (including phenoxy) is 1. The van der Waals surface area contributed by atoms with Gasteiger partial charge in [0.05, 0.1) is 12.1 Å². The number of nitro benzene ring substituents is 1.